The van der Waals surface area contributed by atoms with Crippen LogP contribution in [0.4, 0.5) is 14.5 Å². The minimum absolute atomic E-state index is 0.0100. The number of nitrogens with zero attached hydrogens (tertiary/aromatic N) is 1. The summed E-state index contributed by atoms with van der Waals surface area (Å²) in [6.45, 7) is 6.58. The van der Waals surface area contributed by atoms with Gasteiger partial charge in [-0.1, -0.05) is 45.7 Å². The van der Waals surface area contributed by atoms with Gasteiger partial charge in [-0.05, 0) is 48.1 Å². The van der Waals surface area contributed by atoms with Crippen LogP contribution in [0, 0.1) is 17.0 Å². The molecule has 2 aromatic carbocycles. The number of amides is 2. The Morgan fingerprint density at radius 3 is 2.21 bits per heavy atom. The van der Waals surface area contributed by atoms with Crippen LogP contribution in [0.3, 0.4) is 0 Å². The molecular formula is C26H33F2N3O2. The van der Waals surface area contributed by atoms with E-state index in [1.54, 1.807) is 12.1 Å². The summed E-state index contributed by atoms with van der Waals surface area (Å²) in [5.41, 5.74) is 7.59. The topological polar surface area (TPSA) is 75.4 Å². The number of carbonyl (C=O) groups is 2. The van der Waals surface area contributed by atoms with Gasteiger partial charge in [0, 0.05) is 42.4 Å². The third-order valence-corrected chi connectivity index (χ3v) is 5.87. The SMILES string of the molecule is CC(C)(C)CC(=O)N(Cc1ccc(NC(=O)c2cc(F)cc(F)c2)cc1)C1CCCCC1N. The first-order valence-electron chi connectivity index (χ1n) is 11.4. The molecule has 1 aliphatic rings. The van der Waals surface area contributed by atoms with Crippen molar-refractivity contribution in [3.63, 3.8) is 0 Å². The van der Waals surface area contributed by atoms with Crippen LogP contribution in [0.2, 0.25) is 0 Å². The Bertz CT molecular complexity index is 966. The van der Waals surface area contributed by atoms with Crippen molar-refractivity contribution in [2.75, 3.05) is 5.32 Å². The van der Waals surface area contributed by atoms with E-state index in [1.807, 2.05) is 37.8 Å². The zero-order valence-corrected chi connectivity index (χ0v) is 19.5. The smallest absolute Gasteiger partial charge is 0.255 e. The molecule has 33 heavy (non-hydrogen) atoms. The summed E-state index contributed by atoms with van der Waals surface area (Å²) >= 11 is 0. The minimum Gasteiger partial charge on any atom is -0.334 e. The number of hydrogen-bond acceptors (Lipinski definition) is 3. The monoisotopic (exact) mass is 457 g/mol. The highest BCUT2D eigenvalue weighted by molar-refractivity contribution is 6.04. The van der Waals surface area contributed by atoms with Gasteiger partial charge in [0.1, 0.15) is 11.6 Å². The highest BCUT2D eigenvalue weighted by atomic mass is 19.1. The predicted molar refractivity (Wildman–Crippen MR) is 126 cm³/mol. The Labute approximate surface area is 194 Å². The van der Waals surface area contributed by atoms with Gasteiger partial charge in [0.05, 0.1) is 0 Å². The molecular weight excluding hydrogens is 424 g/mol. The summed E-state index contributed by atoms with van der Waals surface area (Å²) in [6.07, 6.45) is 4.39. The lowest BCUT2D eigenvalue weighted by Gasteiger charge is -2.39. The van der Waals surface area contributed by atoms with Gasteiger partial charge in [-0.3, -0.25) is 9.59 Å². The lowest BCUT2D eigenvalue weighted by molar-refractivity contribution is -0.137. The highest BCUT2D eigenvalue weighted by Crippen LogP contribution is 2.28. The molecule has 0 aliphatic heterocycles. The lowest BCUT2D eigenvalue weighted by Crippen LogP contribution is -2.52. The number of nitrogens with two attached hydrogens (primary N) is 1. The average molecular weight is 458 g/mol. The van der Waals surface area contributed by atoms with Gasteiger partial charge in [-0.25, -0.2) is 8.78 Å². The van der Waals surface area contributed by atoms with Gasteiger partial charge < -0.3 is 16.0 Å². The fourth-order valence-corrected chi connectivity index (χ4v) is 4.25. The number of benzene rings is 2. The van der Waals surface area contributed by atoms with E-state index in [-0.39, 0.29) is 29.0 Å². The summed E-state index contributed by atoms with van der Waals surface area (Å²) in [5, 5.41) is 2.64. The van der Waals surface area contributed by atoms with Gasteiger partial charge in [0.25, 0.3) is 5.91 Å². The molecule has 2 amide bonds. The fraction of sp³-hybridized carbons (Fsp3) is 0.462. The van der Waals surface area contributed by atoms with E-state index in [1.165, 1.54) is 0 Å². The van der Waals surface area contributed by atoms with Gasteiger partial charge in [-0.15, -0.1) is 0 Å². The standard InChI is InChI=1S/C26H33F2N3O2/c1-26(2,3)15-24(32)31(23-7-5-4-6-22(23)29)16-17-8-10-21(11-9-17)30-25(33)18-12-19(27)14-20(28)13-18/h8-14,22-23H,4-7,15-16,29H2,1-3H3,(H,30,33). The molecule has 7 heteroatoms. The summed E-state index contributed by atoms with van der Waals surface area (Å²) in [4.78, 5) is 27.4. The normalized spacial score (nSPS) is 18.6. The van der Waals surface area contributed by atoms with Crippen LogP contribution in [0.25, 0.3) is 0 Å². The van der Waals surface area contributed by atoms with Crippen molar-refractivity contribution in [3.8, 4) is 0 Å². The number of anilines is 1. The van der Waals surface area contributed by atoms with Gasteiger partial charge in [0.2, 0.25) is 5.91 Å². The first-order valence-corrected chi connectivity index (χ1v) is 11.4. The third kappa shape index (κ3) is 7.09. The van der Waals surface area contributed by atoms with Crippen molar-refractivity contribution >= 4 is 17.5 Å². The van der Waals surface area contributed by atoms with Crippen LogP contribution < -0.4 is 11.1 Å². The number of rotatable bonds is 6. The minimum atomic E-state index is -0.809. The number of halogens is 2. The van der Waals surface area contributed by atoms with E-state index >= 15 is 0 Å². The maximum Gasteiger partial charge on any atom is 0.255 e. The second-order valence-corrected chi connectivity index (χ2v) is 10.1. The molecule has 1 aliphatic carbocycles. The molecule has 2 unspecified atom stereocenters. The molecule has 1 saturated carbocycles. The highest BCUT2D eigenvalue weighted by Gasteiger charge is 2.32. The van der Waals surface area contributed by atoms with Crippen LogP contribution in [0.15, 0.2) is 42.5 Å². The van der Waals surface area contributed by atoms with Crippen LogP contribution in [-0.4, -0.2) is 28.8 Å². The summed E-state index contributed by atoms with van der Waals surface area (Å²) in [5.74, 6) is -2.13. The Morgan fingerprint density at radius 1 is 1.03 bits per heavy atom. The molecule has 178 valence electrons. The first-order chi connectivity index (χ1) is 15.5. The quantitative estimate of drug-likeness (QED) is 0.622. The van der Waals surface area contributed by atoms with E-state index in [0.29, 0.717) is 18.7 Å². The van der Waals surface area contributed by atoms with Crippen LogP contribution in [0.5, 0.6) is 0 Å². The Hall–Kier alpha value is -2.80. The molecule has 2 atom stereocenters. The van der Waals surface area contributed by atoms with Gasteiger partial charge >= 0.3 is 0 Å². The zero-order valence-electron chi connectivity index (χ0n) is 19.5. The molecule has 3 rings (SSSR count). The number of nitrogens with one attached hydrogen (secondary N) is 1. The summed E-state index contributed by atoms with van der Waals surface area (Å²) < 4.78 is 26.8. The van der Waals surface area contributed by atoms with Crippen LogP contribution in [-0.2, 0) is 11.3 Å². The summed E-state index contributed by atoms with van der Waals surface area (Å²) in [6, 6.07) is 9.78. The third-order valence-electron chi connectivity index (χ3n) is 5.87. The largest absolute Gasteiger partial charge is 0.334 e. The van der Waals surface area contributed by atoms with Gasteiger partial charge in [0.15, 0.2) is 0 Å². The Balaban J connectivity index is 1.72. The van der Waals surface area contributed by atoms with E-state index < -0.39 is 17.5 Å². The molecule has 0 heterocycles. The zero-order chi connectivity index (χ0) is 24.2. The molecule has 5 nitrogen and oxygen atoms in total. The van der Waals surface area contributed by atoms with Crippen LogP contribution >= 0.6 is 0 Å². The van der Waals surface area contributed by atoms with Crippen molar-refractivity contribution in [1.29, 1.82) is 0 Å². The first kappa shape index (κ1) is 24.8. The Kier molecular flexibility index (Phi) is 7.84. The molecule has 0 spiro atoms. The molecule has 1 fully saturated rings. The second kappa shape index (κ2) is 10.4. The van der Waals surface area contributed by atoms with E-state index in [2.05, 4.69) is 5.32 Å². The molecule has 0 aromatic heterocycles. The molecule has 3 N–H and O–H groups in total. The molecule has 0 saturated heterocycles. The maximum absolute atomic E-state index is 13.4. The number of hydrogen-bond donors (Lipinski definition) is 2. The van der Waals surface area contributed by atoms with E-state index in [0.717, 1.165) is 49.4 Å². The van der Waals surface area contributed by atoms with Crippen molar-refractivity contribution in [1.82, 2.24) is 4.90 Å². The summed E-state index contributed by atoms with van der Waals surface area (Å²) in [7, 11) is 0. The van der Waals surface area contributed by atoms with Crippen molar-refractivity contribution in [2.24, 2.45) is 11.1 Å². The Morgan fingerprint density at radius 2 is 1.64 bits per heavy atom. The van der Waals surface area contributed by atoms with Crippen molar-refractivity contribution in [3.05, 3.63) is 65.2 Å². The van der Waals surface area contributed by atoms with Gasteiger partial charge in [-0.2, -0.15) is 0 Å². The van der Waals surface area contributed by atoms with E-state index in [9.17, 15) is 18.4 Å². The molecule has 0 bridgehead atoms. The average Bonchev–Trinajstić information content (AvgIpc) is 2.72. The fourth-order valence-electron chi connectivity index (χ4n) is 4.25. The predicted octanol–water partition coefficient (Wildman–Crippen LogP) is 5.25. The molecule has 0 radical (unpaired) electrons. The number of carbonyl (C=O) groups excluding carboxylic acids is 2. The van der Waals surface area contributed by atoms with Crippen molar-refractivity contribution in [2.45, 2.75) is 71.5 Å². The van der Waals surface area contributed by atoms with Crippen LogP contribution in [0.1, 0.15) is 68.8 Å². The second-order valence-electron chi connectivity index (χ2n) is 10.1. The lowest BCUT2D eigenvalue weighted by atomic mass is 9.87. The van der Waals surface area contributed by atoms with Crippen molar-refractivity contribution < 1.29 is 18.4 Å². The molecule has 2 aromatic rings. The maximum atomic E-state index is 13.4. The van der Waals surface area contributed by atoms with E-state index in [4.69, 9.17) is 5.73 Å².